The lowest BCUT2D eigenvalue weighted by Crippen LogP contribution is -2.07. The molecule has 0 spiro atoms. The summed E-state index contributed by atoms with van der Waals surface area (Å²) < 4.78 is 6.41. The summed E-state index contributed by atoms with van der Waals surface area (Å²) >= 11 is 4.97. The second kappa shape index (κ2) is 6.21. The number of carboxylic acids is 1. The Labute approximate surface area is 124 Å². The van der Waals surface area contributed by atoms with Gasteiger partial charge in [0.05, 0.1) is 6.61 Å². The zero-order chi connectivity index (χ0) is 13.8. The average molecular weight is 341 g/mol. The van der Waals surface area contributed by atoms with E-state index in [4.69, 9.17) is 4.74 Å². The predicted molar refractivity (Wildman–Crippen MR) is 79.4 cm³/mol. The lowest BCUT2D eigenvalue weighted by molar-refractivity contribution is 0.0692. The predicted octanol–water partition coefficient (Wildman–Crippen LogP) is 4.14. The Morgan fingerprint density at radius 2 is 2.26 bits per heavy atom. The van der Waals surface area contributed by atoms with E-state index in [9.17, 15) is 9.90 Å². The summed E-state index contributed by atoms with van der Waals surface area (Å²) in [7, 11) is 0. The third-order valence-corrected chi connectivity index (χ3v) is 4.04. The standard InChI is InChI=1S/C14H13BrO3S/c1-9-7-10(15)8-12(14(16)17)13(9)18-5-4-11-3-2-6-19-11/h2-3,6-8H,4-5H2,1H3,(H,16,17). The van der Waals surface area contributed by atoms with Crippen molar-refractivity contribution in [3.8, 4) is 5.75 Å². The molecule has 1 aromatic heterocycles. The van der Waals surface area contributed by atoms with Crippen LogP contribution in [0, 0.1) is 6.92 Å². The molecule has 0 aliphatic rings. The van der Waals surface area contributed by atoms with Crippen molar-refractivity contribution in [2.75, 3.05) is 6.61 Å². The van der Waals surface area contributed by atoms with Crippen LogP contribution < -0.4 is 4.74 Å². The molecule has 0 unspecified atom stereocenters. The van der Waals surface area contributed by atoms with Crippen molar-refractivity contribution in [3.63, 3.8) is 0 Å². The van der Waals surface area contributed by atoms with Crippen LogP contribution >= 0.6 is 27.3 Å². The van der Waals surface area contributed by atoms with Gasteiger partial charge in [0.15, 0.2) is 0 Å². The molecule has 1 aromatic carbocycles. The van der Waals surface area contributed by atoms with E-state index in [2.05, 4.69) is 15.9 Å². The molecule has 3 nitrogen and oxygen atoms in total. The Bertz CT molecular complexity index is 579. The molecule has 1 N–H and O–H groups in total. The summed E-state index contributed by atoms with van der Waals surface area (Å²) in [5, 5.41) is 11.2. The second-order valence-corrected chi connectivity index (χ2v) is 6.03. The van der Waals surface area contributed by atoms with Gasteiger partial charge in [-0.3, -0.25) is 0 Å². The molecule has 0 aliphatic heterocycles. The van der Waals surface area contributed by atoms with E-state index in [0.29, 0.717) is 12.4 Å². The van der Waals surface area contributed by atoms with E-state index in [0.717, 1.165) is 16.5 Å². The molecule has 1 heterocycles. The van der Waals surface area contributed by atoms with Crippen LogP contribution in [-0.2, 0) is 6.42 Å². The number of thiophene rings is 1. The fraction of sp³-hybridized carbons (Fsp3) is 0.214. The molecule has 0 amide bonds. The van der Waals surface area contributed by atoms with E-state index >= 15 is 0 Å². The van der Waals surface area contributed by atoms with Crippen molar-refractivity contribution in [1.82, 2.24) is 0 Å². The van der Waals surface area contributed by atoms with Crippen LogP contribution in [-0.4, -0.2) is 17.7 Å². The van der Waals surface area contributed by atoms with Crippen molar-refractivity contribution in [2.24, 2.45) is 0 Å². The molecule has 0 saturated heterocycles. The Kier molecular flexibility index (Phi) is 4.61. The van der Waals surface area contributed by atoms with Crippen LogP contribution in [0.5, 0.6) is 5.75 Å². The summed E-state index contributed by atoms with van der Waals surface area (Å²) in [4.78, 5) is 12.4. The van der Waals surface area contributed by atoms with E-state index in [-0.39, 0.29) is 5.56 Å². The van der Waals surface area contributed by atoms with Gasteiger partial charge >= 0.3 is 5.97 Å². The monoisotopic (exact) mass is 340 g/mol. The van der Waals surface area contributed by atoms with E-state index in [1.165, 1.54) is 4.88 Å². The summed E-state index contributed by atoms with van der Waals surface area (Å²) in [6.45, 7) is 2.32. The van der Waals surface area contributed by atoms with Gasteiger partial charge in [0.1, 0.15) is 11.3 Å². The minimum absolute atomic E-state index is 0.193. The topological polar surface area (TPSA) is 46.5 Å². The van der Waals surface area contributed by atoms with Gasteiger partial charge in [-0.15, -0.1) is 11.3 Å². The number of hydrogen-bond acceptors (Lipinski definition) is 3. The molecule has 0 atom stereocenters. The van der Waals surface area contributed by atoms with Gasteiger partial charge in [0, 0.05) is 15.8 Å². The summed E-state index contributed by atoms with van der Waals surface area (Å²) in [6.07, 6.45) is 0.784. The number of hydrogen-bond donors (Lipinski definition) is 1. The van der Waals surface area contributed by atoms with Gasteiger partial charge in [0.25, 0.3) is 0 Å². The third kappa shape index (κ3) is 3.58. The molecule has 5 heteroatoms. The number of carboxylic acid groups (broad SMARTS) is 1. The summed E-state index contributed by atoms with van der Waals surface area (Å²) in [6, 6.07) is 7.46. The SMILES string of the molecule is Cc1cc(Br)cc(C(=O)O)c1OCCc1cccs1. The fourth-order valence-electron chi connectivity index (χ4n) is 1.79. The first-order valence-corrected chi connectivity index (χ1v) is 7.44. The summed E-state index contributed by atoms with van der Waals surface area (Å²) in [5.41, 5.74) is 1.01. The highest BCUT2D eigenvalue weighted by molar-refractivity contribution is 9.10. The van der Waals surface area contributed by atoms with Crippen LogP contribution in [0.2, 0.25) is 0 Å². The van der Waals surface area contributed by atoms with E-state index < -0.39 is 5.97 Å². The zero-order valence-corrected chi connectivity index (χ0v) is 12.8. The lowest BCUT2D eigenvalue weighted by atomic mass is 10.1. The molecule has 2 rings (SSSR count). The van der Waals surface area contributed by atoms with Gasteiger partial charge < -0.3 is 9.84 Å². The highest BCUT2D eigenvalue weighted by Crippen LogP contribution is 2.28. The smallest absolute Gasteiger partial charge is 0.339 e. The number of rotatable bonds is 5. The summed E-state index contributed by atoms with van der Waals surface area (Å²) in [5.74, 6) is -0.525. The molecule has 0 saturated carbocycles. The Morgan fingerprint density at radius 3 is 2.89 bits per heavy atom. The number of halogens is 1. The molecule has 0 aliphatic carbocycles. The highest BCUT2D eigenvalue weighted by Gasteiger charge is 2.15. The maximum atomic E-state index is 11.2. The normalized spacial score (nSPS) is 10.4. The van der Waals surface area contributed by atoms with Crippen molar-refractivity contribution in [3.05, 3.63) is 50.1 Å². The molecule has 0 bridgehead atoms. The van der Waals surface area contributed by atoms with Crippen LogP contribution in [0.1, 0.15) is 20.8 Å². The zero-order valence-electron chi connectivity index (χ0n) is 10.4. The lowest BCUT2D eigenvalue weighted by Gasteiger charge is -2.12. The molecule has 100 valence electrons. The number of aryl methyl sites for hydroxylation is 1. The first kappa shape index (κ1) is 14.1. The van der Waals surface area contributed by atoms with Gasteiger partial charge in [0.2, 0.25) is 0 Å². The van der Waals surface area contributed by atoms with Crippen LogP contribution in [0.15, 0.2) is 34.1 Å². The number of carbonyl (C=O) groups is 1. The average Bonchev–Trinajstić information content (AvgIpc) is 2.84. The van der Waals surface area contributed by atoms with Crippen LogP contribution in [0.4, 0.5) is 0 Å². The van der Waals surface area contributed by atoms with Crippen LogP contribution in [0.3, 0.4) is 0 Å². The molecule has 0 radical (unpaired) electrons. The third-order valence-electron chi connectivity index (χ3n) is 2.64. The van der Waals surface area contributed by atoms with Crippen molar-refractivity contribution in [1.29, 1.82) is 0 Å². The van der Waals surface area contributed by atoms with Gasteiger partial charge in [-0.05, 0) is 36.1 Å². The number of aromatic carboxylic acids is 1. The van der Waals surface area contributed by atoms with Crippen molar-refractivity contribution < 1.29 is 14.6 Å². The molecular formula is C14H13BrO3S. The van der Waals surface area contributed by atoms with Crippen molar-refractivity contribution >= 4 is 33.2 Å². The van der Waals surface area contributed by atoms with Crippen molar-refractivity contribution in [2.45, 2.75) is 13.3 Å². The van der Waals surface area contributed by atoms with Gasteiger partial charge in [-0.25, -0.2) is 4.79 Å². The minimum atomic E-state index is -0.976. The van der Waals surface area contributed by atoms with E-state index in [1.807, 2.05) is 30.5 Å². The van der Waals surface area contributed by atoms with E-state index in [1.54, 1.807) is 17.4 Å². The first-order chi connectivity index (χ1) is 9.08. The first-order valence-electron chi connectivity index (χ1n) is 5.76. The minimum Gasteiger partial charge on any atom is -0.492 e. The molecule has 0 fully saturated rings. The number of benzene rings is 1. The van der Waals surface area contributed by atoms with Crippen LogP contribution in [0.25, 0.3) is 0 Å². The largest absolute Gasteiger partial charge is 0.492 e. The molecule has 19 heavy (non-hydrogen) atoms. The second-order valence-electron chi connectivity index (χ2n) is 4.08. The Morgan fingerprint density at radius 1 is 1.47 bits per heavy atom. The maximum absolute atomic E-state index is 11.2. The molecular weight excluding hydrogens is 328 g/mol. The quantitative estimate of drug-likeness (QED) is 0.889. The Balaban J connectivity index is 2.12. The fourth-order valence-corrected chi connectivity index (χ4v) is 3.05. The highest BCUT2D eigenvalue weighted by atomic mass is 79.9. The maximum Gasteiger partial charge on any atom is 0.339 e. The van der Waals surface area contributed by atoms with Gasteiger partial charge in [-0.2, -0.15) is 0 Å². The number of ether oxygens (including phenoxy) is 1. The Hall–Kier alpha value is -1.33. The molecule has 2 aromatic rings. The van der Waals surface area contributed by atoms with Gasteiger partial charge in [-0.1, -0.05) is 22.0 Å².